The van der Waals surface area contributed by atoms with E-state index in [1.165, 1.54) is 0 Å². The van der Waals surface area contributed by atoms with Crippen LogP contribution in [0.25, 0.3) is 0 Å². The summed E-state index contributed by atoms with van der Waals surface area (Å²) in [5.41, 5.74) is 0.498. The van der Waals surface area contributed by atoms with Gasteiger partial charge in [-0.2, -0.15) is 0 Å². The Morgan fingerprint density at radius 3 is 2.65 bits per heavy atom. The summed E-state index contributed by atoms with van der Waals surface area (Å²) in [5, 5.41) is 0. The molecule has 0 fully saturated rings. The summed E-state index contributed by atoms with van der Waals surface area (Å²) < 4.78 is 10.7. The molecule has 1 aromatic carbocycles. The Hall–Kier alpha value is -1.51. The van der Waals surface area contributed by atoms with E-state index in [4.69, 9.17) is 9.47 Å². The van der Waals surface area contributed by atoms with Gasteiger partial charge in [-0.3, -0.25) is 0 Å². The van der Waals surface area contributed by atoms with Gasteiger partial charge in [0.05, 0.1) is 12.7 Å². The Morgan fingerprint density at radius 2 is 2.00 bits per heavy atom. The first kappa shape index (κ1) is 13.6. The maximum absolute atomic E-state index is 11.8. The molecule has 0 bridgehead atoms. The first-order chi connectivity index (χ1) is 8.15. The molecule has 0 aromatic heterocycles. The Balaban J connectivity index is 2.73. The topological polar surface area (TPSA) is 35.5 Å². The van der Waals surface area contributed by atoms with Crippen molar-refractivity contribution in [3.05, 3.63) is 29.8 Å². The van der Waals surface area contributed by atoms with Crippen LogP contribution < -0.4 is 4.74 Å². The number of rotatable bonds is 6. The SMILES string of the molecule is CCCCOc1ccccc1C(=O)OC(C)C. The zero-order valence-electron chi connectivity index (χ0n) is 10.7. The highest BCUT2D eigenvalue weighted by molar-refractivity contribution is 5.92. The maximum Gasteiger partial charge on any atom is 0.342 e. The highest BCUT2D eigenvalue weighted by Crippen LogP contribution is 2.19. The van der Waals surface area contributed by atoms with E-state index in [1.807, 2.05) is 26.0 Å². The second-order valence-corrected chi connectivity index (χ2v) is 4.15. The Morgan fingerprint density at radius 1 is 1.29 bits per heavy atom. The molecule has 0 heterocycles. The van der Waals surface area contributed by atoms with Crippen molar-refractivity contribution in [1.29, 1.82) is 0 Å². The molecule has 0 spiro atoms. The Bertz CT molecular complexity index is 358. The third-order valence-corrected chi connectivity index (χ3v) is 2.21. The van der Waals surface area contributed by atoms with Gasteiger partial charge in [0.2, 0.25) is 0 Å². The molecule has 0 aliphatic carbocycles. The predicted molar refractivity (Wildman–Crippen MR) is 67.4 cm³/mol. The average Bonchev–Trinajstić information content (AvgIpc) is 2.29. The number of carbonyl (C=O) groups excluding carboxylic acids is 1. The molecule has 0 aliphatic rings. The summed E-state index contributed by atoms with van der Waals surface area (Å²) in [6, 6.07) is 7.19. The van der Waals surface area contributed by atoms with Gasteiger partial charge < -0.3 is 9.47 Å². The lowest BCUT2D eigenvalue weighted by atomic mass is 10.2. The van der Waals surface area contributed by atoms with Crippen molar-refractivity contribution in [2.45, 2.75) is 39.7 Å². The third kappa shape index (κ3) is 4.47. The quantitative estimate of drug-likeness (QED) is 0.560. The van der Waals surface area contributed by atoms with Crippen molar-refractivity contribution >= 4 is 5.97 Å². The zero-order chi connectivity index (χ0) is 12.7. The van der Waals surface area contributed by atoms with Crippen LogP contribution in [-0.2, 0) is 4.74 Å². The molecule has 0 radical (unpaired) electrons. The van der Waals surface area contributed by atoms with Crippen molar-refractivity contribution in [1.82, 2.24) is 0 Å². The number of para-hydroxylation sites is 1. The normalized spacial score (nSPS) is 10.4. The summed E-state index contributed by atoms with van der Waals surface area (Å²) in [6.45, 7) is 6.39. The van der Waals surface area contributed by atoms with Gasteiger partial charge >= 0.3 is 5.97 Å². The second-order valence-electron chi connectivity index (χ2n) is 4.15. The number of ether oxygens (including phenoxy) is 2. The van der Waals surface area contributed by atoms with Crippen LogP contribution in [0.3, 0.4) is 0 Å². The molecule has 17 heavy (non-hydrogen) atoms. The number of hydrogen-bond acceptors (Lipinski definition) is 3. The van der Waals surface area contributed by atoms with Crippen LogP contribution >= 0.6 is 0 Å². The molecular formula is C14H20O3. The van der Waals surface area contributed by atoms with Crippen LogP contribution in [0.5, 0.6) is 5.75 Å². The maximum atomic E-state index is 11.8. The fourth-order valence-corrected chi connectivity index (χ4v) is 1.37. The largest absolute Gasteiger partial charge is 0.493 e. The lowest BCUT2D eigenvalue weighted by molar-refractivity contribution is 0.0373. The van der Waals surface area contributed by atoms with E-state index < -0.39 is 0 Å². The smallest absolute Gasteiger partial charge is 0.342 e. The number of carbonyl (C=O) groups is 1. The minimum Gasteiger partial charge on any atom is -0.493 e. The van der Waals surface area contributed by atoms with Crippen LogP contribution in [-0.4, -0.2) is 18.7 Å². The minimum atomic E-state index is -0.327. The molecule has 0 saturated carbocycles. The second kappa shape index (κ2) is 6.94. The molecule has 94 valence electrons. The summed E-state index contributed by atoms with van der Waals surface area (Å²) in [5.74, 6) is 0.277. The first-order valence-electron chi connectivity index (χ1n) is 6.08. The highest BCUT2D eigenvalue weighted by Gasteiger charge is 2.14. The number of hydrogen-bond donors (Lipinski definition) is 0. The molecule has 0 saturated heterocycles. The fraction of sp³-hybridized carbons (Fsp3) is 0.500. The van der Waals surface area contributed by atoms with Gasteiger partial charge in [-0.05, 0) is 32.4 Å². The highest BCUT2D eigenvalue weighted by atomic mass is 16.5. The minimum absolute atomic E-state index is 0.119. The van der Waals surface area contributed by atoms with E-state index in [0.29, 0.717) is 17.9 Å². The number of unbranched alkanes of at least 4 members (excludes halogenated alkanes) is 1. The van der Waals surface area contributed by atoms with Crippen LogP contribution in [0, 0.1) is 0 Å². The van der Waals surface area contributed by atoms with E-state index in [-0.39, 0.29) is 12.1 Å². The van der Waals surface area contributed by atoms with Crippen LogP contribution in [0.4, 0.5) is 0 Å². The molecule has 0 amide bonds. The predicted octanol–water partition coefficient (Wildman–Crippen LogP) is 3.43. The van der Waals surface area contributed by atoms with Gasteiger partial charge in [0.1, 0.15) is 11.3 Å². The van der Waals surface area contributed by atoms with Crippen LogP contribution in [0.15, 0.2) is 24.3 Å². The average molecular weight is 236 g/mol. The molecule has 0 aliphatic heterocycles. The van der Waals surface area contributed by atoms with Gasteiger partial charge in [0, 0.05) is 0 Å². The van der Waals surface area contributed by atoms with Crippen molar-refractivity contribution < 1.29 is 14.3 Å². The van der Waals surface area contributed by atoms with Gasteiger partial charge in [-0.15, -0.1) is 0 Å². The Labute approximate surface area is 103 Å². The third-order valence-electron chi connectivity index (χ3n) is 2.21. The van der Waals surface area contributed by atoms with Crippen molar-refractivity contribution in [2.24, 2.45) is 0 Å². The van der Waals surface area contributed by atoms with Crippen LogP contribution in [0.2, 0.25) is 0 Å². The van der Waals surface area contributed by atoms with E-state index in [2.05, 4.69) is 6.92 Å². The monoisotopic (exact) mass is 236 g/mol. The zero-order valence-corrected chi connectivity index (χ0v) is 10.7. The molecule has 1 aromatic rings. The van der Waals surface area contributed by atoms with E-state index in [0.717, 1.165) is 12.8 Å². The Kier molecular flexibility index (Phi) is 5.53. The van der Waals surface area contributed by atoms with Gasteiger partial charge in [-0.25, -0.2) is 4.79 Å². The molecule has 1 rings (SSSR count). The fourth-order valence-electron chi connectivity index (χ4n) is 1.37. The molecule has 0 unspecified atom stereocenters. The van der Waals surface area contributed by atoms with Crippen molar-refractivity contribution in [3.8, 4) is 5.75 Å². The van der Waals surface area contributed by atoms with Crippen molar-refractivity contribution in [2.75, 3.05) is 6.61 Å². The lowest BCUT2D eigenvalue weighted by Crippen LogP contribution is -2.13. The first-order valence-corrected chi connectivity index (χ1v) is 6.08. The summed E-state index contributed by atoms with van der Waals surface area (Å²) in [6.07, 6.45) is 1.93. The lowest BCUT2D eigenvalue weighted by Gasteiger charge is -2.12. The van der Waals surface area contributed by atoms with Crippen molar-refractivity contribution in [3.63, 3.8) is 0 Å². The molecular weight excluding hydrogens is 216 g/mol. The van der Waals surface area contributed by atoms with E-state index in [1.54, 1.807) is 12.1 Å². The molecule has 3 heteroatoms. The van der Waals surface area contributed by atoms with Gasteiger partial charge in [0.15, 0.2) is 0 Å². The number of benzene rings is 1. The summed E-state index contributed by atoms with van der Waals surface area (Å²) in [4.78, 5) is 11.8. The standard InChI is InChI=1S/C14H20O3/c1-4-5-10-16-13-9-7-6-8-12(13)14(15)17-11(2)3/h6-9,11H,4-5,10H2,1-3H3. The van der Waals surface area contributed by atoms with Crippen LogP contribution in [0.1, 0.15) is 44.0 Å². The number of esters is 1. The summed E-state index contributed by atoms with van der Waals surface area (Å²) in [7, 11) is 0. The molecule has 3 nitrogen and oxygen atoms in total. The van der Waals surface area contributed by atoms with Gasteiger partial charge in [-0.1, -0.05) is 25.5 Å². The van der Waals surface area contributed by atoms with Gasteiger partial charge in [0.25, 0.3) is 0 Å². The molecule has 0 atom stereocenters. The molecule has 0 N–H and O–H groups in total. The van der Waals surface area contributed by atoms with E-state index in [9.17, 15) is 4.79 Å². The van der Waals surface area contributed by atoms with E-state index >= 15 is 0 Å². The summed E-state index contributed by atoms with van der Waals surface area (Å²) >= 11 is 0.